The molecular weight excluding hydrogens is 324 g/mol. The summed E-state index contributed by atoms with van der Waals surface area (Å²) in [7, 11) is 6.10. The smallest absolute Gasteiger partial charge is 0.255 e. The van der Waals surface area contributed by atoms with Gasteiger partial charge in [0.05, 0.1) is 0 Å². The Balaban J connectivity index is 1.72. The van der Waals surface area contributed by atoms with E-state index < -0.39 is 0 Å². The van der Waals surface area contributed by atoms with E-state index in [0.29, 0.717) is 5.56 Å². The van der Waals surface area contributed by atoms with E-state index >= 15 is 0 Å². The molecule has 0 atom stereocenters. The zero-order valence-electron chi connectivity index (χ0n) is 16.1. The first kappa shape index (κ1) is 18.3. The zero-order valence-corrected chi connectivity index (χ0v) is 16.1. The maximum Gasteiger partial charge on any atom is 0.255 e. The Bertz CT molecular complexity index is 779. The topological polar surface area (TPSA) is 38.8 Å². The van der Waals surface area contributed by atoms with Crippen LogP contribution in [0.15, 0.2) is 42.5 Å². The molecule has 1 amide bonds. The molecule has 0 saturated carbocycles. The van der Waals surface area contributed by atoms with Gasteiger partial charge < -0.3 is 20.0 Å². The lowest BCUT2D eigenvalue weighted by molar-refractivity contribution is 0.102. The minimum atomic E-state index is -0.0795. The van der Waals surface area contributed by atoms with Crippen molar-refractivity contribution in [3.8, 4) is 0 Å². The van der Waals surface area contributed by atoms with E-state index in [1.807, 2.05) is 56.3 Å². The summed E-state index contributed by atoms with van der Waals surface area (Å²) in [6.07, 6.45) is 0. The summed E-state index contributed by atoms with van der Waals surface area (Å²) >= 11 is 0. The average Bonchev–Trinajstić information content (AvgIpc) is 2.64. The van der Waals surface area contributed by atoms with E-state index in [1.54, 1.807) is 0 Å². The molecule has 26 heavy (non-hydrogen) atoms. The number of nitrogens with zero attached hydrogens (tertiary/aromatic N) is 3. The molecule has 1 heterocycles. The molecule has 1 aliphatic heterocycles. The highest BCUT2D eigenvalue weighted by Gasteiger charge is 2.15. The molecule has 0 bridgehead atoms. The first-order valence-corrected chi connectivity index (χ1v) is 9.07. The Morgan fingerprint density at radius 3 is 2.42 bits per heavy atom. The van der Waals surface area contributed by atoms with Gasteiger partial charge in [0, 0.05) is 62.9 Å². The van der Waals surface area contributed by atoms with Crippen LogP contribution >= 0.6 is 0 Å². The zero-order chi connectivity index (χ0) is 18.7. The molecule has 2 aromatic rings. The number of hydrogen-bond acceptors (Lipinski definition) is 4. The molecule has 0 aromatic heterocycles. The minimum Gasteiger partial charge on any atom is -0.378 e. The predicted molar refractivity (Wildman–Crippen MR) is 110 cm³/mol. The Morgan fingerprint density at radius 1 is 1.04 bits per heavy atom. The second kappa shape index (κ2) is 7.79. The molecule has 0 radical (unpaired) electrons. The van der Waals surface area contributed by atoms with Crippen molar-refractivity contribution in [1.29, 1.82) is 0 Å². The van der Waals surface area contributed by atoms with E-state index in [1.165, 1.54) is 5.69 Å². The first-order chi connectivity index (χ1) is 12.4. The highest BCUT2D eigenvalue weighted by atomic mass is 16.1. The first-order valence-electron chi connectivity index (χ1n) is 9.07. The van der Waals surface area contributed by atoms with Gasteiger partial charge in [-0.1, -0.05) is 6.07 Å². The number of piperazine rings is 1. The fourth-order valence-corrected chi connectivity index (χ4v) is 3.17. The van der Waals surface area contributed by atoms with Gasteiger partial charge in [0.1, 0.15) is 0 Å². The summed E-state index contributed by atoms with van der Waals surface area (Å²) < 4.78 is 0. The summed E-state index contributed by atoms with van der Waals surface area (Å²) in [6.45, 7) is 6.29. The Labute approximate surface area is 156 Å². The van der Waals surface area contributed by atoms with Gasteiger partial charge in [-0.3, -0.25) is 4.79 Å². The largest absolute Gasteiger partial charge is 0.378 e. The van der Waals surface area contributed by atoms with Crippen LogP contribution in [0.5, 0.6) is 0 Å². The number of amides is 1. The fraction of sp³-hybridized carbons (Fsp3) is 0.381. The van der Waals surface area contributed by atoms with Crippen molar-refractivity contribution >= 4 is 23.0 Å². The molecule has 0 spiro atoms. The van der Waals surface area contributed by atoms with Gasteiger partial charge >= 0.3 is 0 Å². The molecular formula is C21H28N4O. The van der Waals surface area contributed by atoms with Crippen molar-refractivity contribution in [2.24, 2.45) is 0 Å². The number of hydrogen-bond donors (Lipinski definition) is 1. The summed E-state index contributed by atoms with van der Waals surface area (Å²) in [5.41, 5.74) is 4.85. The van der Waals surface area contributed by atoms with Crippen molar-refractivity contribution in [2.75, 3.05) is 62.4 Å². The number of likely N-dealkylation sites (N-methyl/N-ethyl adjacent to an activating group) is 1. The SMILES string of the molecule is Cc1cc(N2CCN(C)CC2)ccc1NC(=O)c1cccc(N(C)C)c1. The molecule has 5 heteroatoms. The van der Waals surface area contributed by atoms with E-state index in [0.717, 1.165) is 43.1 Å². The molecule has 5 nitrogen and oxygen atoms in total. The van der Waals surface area contributed by atoms with Crippen LogP contribution in [0, 0.1) is 6.92 Å². The van der Waals surface area contributed by atoms with Crippen LogP contribution in [0.3, 0.4) is 0 Å². The van der Waals surface area contributed by atoms with E-state index in [-0.39, 0.29) is 5.91 Å². The summed E-state index contributed by atoms with van der Waals surface area (Å²) in [5, 5.41) is 3.05. The number of rotatable bonds is 4. The number of anilines is 3. The maximum absolute atomic E-state index is 12.6. The molecule has 2 aromatic carbocycles. The van der Waals surface area contributed by atoms with Gasteiger partial charge in [-0.15, -0.1) is 0 Å². The Hall–Kier alpha value is -2.53. The quantitative estimate of drug-likeness (QED) is 0.918. The third kappa shape index (κ3) is 4.17. The molecule has 0 aliphatic carbocycles. The second-order valence-corrected chi connectivity index (χ2v) is 7.19. The molecule has 138 valence electrons. The van der Waals surface area contributed by atoms with Gasteiger partial charge in [0.25, 0.3) is 5.91 Å². The van der Waals surface area contributed by atoms with Crippen LogP contribution in [-0.2, 0) is 0 Å². The van der Waals surface area contributed by atoms with E-state index in [9.17, 15) is 4.79 Å². The van der Waals surface area contributed by atoms with Crippen molar-refractivity contribution in [1.82, 2.24) is 4.90 Å². The van der Waals surface area contributed by atoms with E-state index in [2.05, 4.69) is 34.3 Å². The fourth-order valence-electron chi connectivity index (χ4n) is 3.17. The van der Waals surface area contributed by atoms with Gasteiger partial charge in [0.15, 0.2) is 0 Å². The van der Waals surface area contributed by atoms with Crippen molar-refractivity contribution in [3.63, 3.8) is 0 Å². The standard InChI is InChI=1S/C21H28N4O/c1-16-14-19(25-12-10-24(4)11-13-25)8-9-20(16)22-21(26)17-6-5-7-18(15-17)23(2)3/h5-9,14-15H,10-13H2,1-4H3,(H,22,26). The van der Waals surface area contributed by atoms with Crippen LogP contribution in [0.25, 0.3) is 0 Å². The normalized spacial score (nSPS) is 15.0. The number of carbonyl (C=O) groups is 1. The predicted octanol–water partition coefficient (Wildman–Crippen LogP) is 3.07. The number of carbonyl (C=O) groups excluding carboxylic acids is 1. The van der Waals surface area contributed by atoms with Crippen LogP contribution < -0.4 is 15.1 Å². The van der Waals surface area contributed by atoms with Crippen LogP contribution in [0.4, 0.5) is 17.1 Å². The third-order valence-corrected chi connectivity index (χ3v) is 4.95. The lowest BCUT2D eigenvalue weighted by Crippen LogP contribution is -2.44. The molecule has 1 saturated heterocycles. The number of nitrogens with one attached hydrogen (secondary N) is 1. The molecule has 1 N–H and O–H groups in total. The molecule has 0 unspecified atom stereocenters. The number of aryl methyl sites for hydroxylation is 1. The molecule has 1 aliphatic rings. The van der Waals surface area contributed by atoms with Crippen molar-refractivity contribution < 1.29 is 4.79 Å². The summed E-state index contributed by atoms with van der Waals surface area (Å²) in [4.78, 5) is 19.4. The second-order valence-electron chi connectivity index (χ2n) is 7.19. The molecule has 1 fully saturated rings. The van der Waals surface area contributed by atoms with Gasteiger partial charge in [-0.25, -0.2) is 0 Å². The van der Waals surface area contributed by atoms with Gasteiger partial charge in [0.2, 0.25) is 0 Å². The molecule has 3 rings (SSSR count). The highest BCUT2D eigenvalue weighted by molar-refractivity contribution is 6.05. The average molecular weight is 352 g/mol. The Morgan fingerprint density at radius 2 is 1.77 bits per heavy atom. The van der Waals surface area contributed by atoms with Crippen molar-refractivity contribution in [2.45, 2.75) is 6.92 Å². The monoisotopic (exact) mass is 352 g/mol. The summed E-state index contributed by atoms with van der Waals surface area (Å²) in [6, 6.07) is 13.9. The Kier molecular flexibility index (Phi) is 5.47. The van der Waals surface area contributed by atoms with Crippen LogP contribution in [0.1, 0.15) is 15.9 Å². The number of benzene rings is 2. The lowest BCUT2D eigenvalue weighted by Gasteiger charge is -2.34. The van der Waals surface area contributed by atoms with Gasteiger partial charge in [-0.2, -0.15) is 0 Å². The summed E-state index contributed by atoms with van der Waals surface area (Å²) in [5.74, 6) is -0.0795. The third-order valence-electron chi connectivity index (χ3n) is 4.95. The highest BCUT2D eigenvalue weighted by Crippen LogP contribution is 2.24. The minimum absolute atomic E-state index is 0.0795. The van der Waals surface area contributed by atoms with Gasteiger partial charge in [-0.05, 0) is 55.9 Å². The van der Waals surface area contributed by atoms with Crippen LogP contribution in [0.2, 0.25) is 0 Å². The van der Waals surface area contributed by atoms with E-state index in [4.69, 9.17) is 0 Å². The lowest BCUT2D eigenvalue weighted by atomic mass is 10.1. The maximum atomic E-state index is 12.6. The van der Waals surface area contributed by atoms with Crippen molar-refractivity contribution in [3.05, 3.63) is 53.6 Å². The van der Waals surface area contributed by atoms with Crippen LogP contribution in [-0.4, -0.2) is 58.1 Å².